The Morgan fingerprint density at radius 1 is 0.714 bits per heavy atom. The van der Waals surface area contributed by atoms with Crippen LogP contribution in [0.2, 0.25) is 0 Å². The van der Waals surface area contributed by atoms with Gasteiger partial charge in [-0.25, -0.2) is 0 Å². The monoisotopic (exact) mass is 433 g/mol. The minimum Gasteiger partial charge on any atom is -0.263 e. The van der Waals surface area contributed by atoms with Crippen molar-refractivity contribution in [2.24, 2.45) is 0 Å². The highest BCUT2D eigenvalue weighted by molar-refractivity contribution is 9.10. The van der Waals surface area contributed by atoms with Crippen LogP contribution < -0.4 is 0 Å². The second kappa shape index (κ2) is 7.72. The van der Waals surface area contributed by atoms with Gasteiger partial charge in [0.15, 0.2) is 0 Å². The molecule has 0 spiro atoms. The molecule has 0 N–H and O–H groups in total. The van der Waals surface area contributed by atoms with Gasteiger partial charge in [0, 0.05) is 26.8 Å². The van der Waals surface area contributed by atoms with Gasteiger partial charge < -0.3 is 0 Å². The molecule has 0 amide bonds. The number of nitrogens with zero attached hydrogens (tertiary/aromatic N) is 1. The van der Waals surface area contributed by atoms with Gasteiger partial charge in [-0.2, -0.15) is 0 Å². The second-order valence-electron chi connectivity index (χ2n) is 7.08. The number of halogens is 1. The molecule has 4 heteroatoms. The van der Waals surface area contributed by atoms with Crippen LogP contribution in [0.15, 0.2) is 103 Å². The van der Waals surface area contributed by atoms with Crippen LogP contribution in [-0.4, -0.2) is 9.37 Å². The fourth-order valence-corrected chi connectivity index (χ4v) is 5.20. The zero-order valence-electron chi connectivity index (χ0n) is 15.2. The Bertz CT molecular complexity index is 975. The van der Waals surface area contributed by atoms with E-state index in [1.54, 1.807) is 0 Å². The van der Waals surface area contributed by atoms with E-state index in [0.29, 0.717) is 0 Å². The third-order valence-corrected chi connectivity index (χ3v) is 6.80. The molecular formula is C24H20BrNO2. The smallest absolute Gasteiger partial charge is 0.263 e. The molecule has 4 rings (SSSR count). The van der Waals surface area contributed by atoms with Gasteiger partial charge in [0.05, 0.1) is 11.8 Å². The lowest BCUT2D eigenvalue weighted by Crippen LogP contribution is -2.47. The highest BCUT2D eigenvalue weighted by atomic mass is 79.9. The number of allylic oxidation sites excluding steroid dienone is 1. The van der Waals surface area contributed by atoms with Crippen LogP contribution in [0, 0.1) is 10.1 Å². The number of hydrogen-bond donors (Lipinski definition) is 0. The summed E-state index contributed by atoms with van der Waals surface area (Å²) >= 11 is 3.65. The molecule has 4 atom stereocenters. The number of rotatable bonds is 4. The van der Waals surface area contributed by atoms with E-state index in [2.05, 4.69) is 22.0 Å². The van der Waals surface area contributed by atoms with Crippen LogP contribution in [0.3, 0.4) is 0 Å². The molecular weight excluding hydrogens is 414 g/mol. The highest BCUT2D eigenvalue weighted by Crippen LogP contribution is 2.56. The molecule has 3 aromatic rings. The third-order valence-electron chi connectivity index (χ3n) is 5.52. The van der Waals surface area contributed by atoms with Gasteiger partial charge in [-0.3, -0.25) is 10.1 Å². The first-order valence-corrected chi connectivity index (χ1v) is 10.1. The van der Waals surface area contributed by atoms with E-state index < -0.39 is 4.45 Å². The van der Waals surface area contributed by atoms with Gasteiger partial charge in [-0.15, -0.1) is 0 Å². The zero-order valence-corrected chi connectivity index (χ0v) is 16.8. The Labute approximate surface area is 173 Å². The summed E-state index contributed by atoms with van der Waals surface area (Å²) in [5, 5.41) is 12.5. The maximum Gasteiger partial charge on any atom is 0.292 e. The maximum absolute atomic E-state index is 12.5. The number of hydrogen-bond acceptors (Lipinski definition) is 2. The summed E-state index contributed by atoms with van der Waals surface area (Å²) in [6, 6.07) is 29.5. The molecule has 3 aromatic carbocycles. The van der Waals surface area contributed by atoms with Gasteiger partial charge >= 0.3 is 0 Å². The summed E-state index contributed by atoms with van der Waals surface area (Å²) in [4.78, 5) is 12.4. The maximum atomic E-state index is 12.5. The van der Waals surface area contributed by atoms with Crippen molar-refractivity contribution < 1.29 is 4.92 Å². The SMILES string of the molecule is O=[N+]([O-])C1(Br)C(c2ccccc2)C=CC(c2ccccc2)C1c1ccccc1. The Morgan fingerprint density at radius 2 is 1.18 bits per heavy atom. The summed E-state index contributed by atoms with van der Waals surface area (Å²) < 4.78 is -1.36. The molecule has 0 radical (unpaired) electrons. The van der Waals surface area contributed by atoms with Gasteiger partial charge in [0.25, 0.3) is 4.45 Å². The summed E-state index contributed by atoms with van der Waals surface area (Å²) in [5.74, 6) is -0.844. The average Bonchev–Trinajstić information content (AvgIpc) is 2.75. The van der Waals surface area contributed by atoms with Crippen molar-refractivity contribution in [3.8, 4) is 0 Å². The first-order chi connectivity index (χ1) is 13.6. The van der Waals surface area contributed by atoms with Crippen molar-refractivity contribution in [1.82, 2.24) is 0 Å². The predicted octanol–water partition coefficient (Wildman–Crippen LogP) is 6.28. The summed E-state index contributed by atoms with van der Waals surface area (Å²) in [5.41, 5.74) is 2.96. The van der Waals surface area contributed by atoms with Crippen LogP contribution in [0.5, 0.6) is 0 Å². The Morgan fingerprint density at radius 3 is 1.68 bits per heavy atom. The summed E-state index contributed by atoms with van der Waals surface area (Å²) in [6.45, 7) is 0. The minimum atomic E-state index is -1.36. The average molecular weight is 434 g/mol. The lowest BCUT2D eigenvalue weighted by molar-refractivity contribution is -0.543. The largest absolute Gasteiger partial charge is 0.292 e. The van der Waals surface area contributed by atoms with E-state index in [-0.39, 0.29) is 22.7 Å². The van der Waals surface area contributed by atoms with Crippen LogP contribution in [-0.2, 0) is 0 Å². The molecule has 0 fully saturated rings. The minimum absolute atomic E-state index is 0.103. The second-order valence-corrected chi connectivity index (χ2v) is 8.35. The van der Waals surface area contributed by atoms with E-state index in [1.807, 2.05) is 97.1 Å². The van der Waals surface area contributed by atoms with Crippen molar-refractivity contribution >= 4 is 15.9 Å². The number of alkyl halides is 1. The Balaban J connectivity index is 1.94. The van der Waals surface area contributed by atoms with Crippen LogP contribution in [0.4, 0.5) is 0 Å². The lowest BCUT2D eigenvalue weighted by atomic mass is 9.68. The molecule has 3 nitrogen and oxygen atoms in total. The number of benzene rings is 3. The topological polar surface area (TPSA) is 43.1 Å². The standard InChI is InChI=1S/C24H20BrNO2/c25-24(26(27)28)22(19-12-6-2-7-13-19)17-16-21(18-10-4-1-5-11-18)23(24)20-14-8-3-9-15-20/h1-17,21-23H. The Kier molecular flexibility index (Phi) is 5.14. The van der Waals surface area contributed by atoms with Gasteiger partial charge in [0.1, 0.15) is 0 Å². The van der Waals surface area contributed by atoms with E-state index in [0.717, 1.165) is 16.7 Å². The van der Waals surface area contributed by atoms with Crippen molar-refractivity contribution in [3.63, 3.8) is 0 Å². The van der Waals surface area contributed by atoms with Gasteiger partial charge in [-0.1, -0.05) is 103 Å². The first-order valence-electron chi connectivity index (χ1n) is 9.29. The summed E-state index contributed by atoms with van der Waals surface area (Å²) in [6.07, 6.45) is 4.12. The molecule has 140 valence electrons. The molecule has 4 unspecified atom stereocenters. The Hall–Kier alpha value is -2.72. The normalized spacial score (nSPS) is 26.7. The molecule has 0 heterocycles. The van der Waals surface area contributed by atoms with Gasteiger partial charge in [0.2, 0.25) is 0 Å². The fourth-order valence-electron chi connectivity index (χ4n) is 4.23. The molecule has 0 bridgehead atoms. The van der Waals surface area contributed by atoms with Crippen molar-refractivity contribution in [3.05, 3.63) is 130 Å². The van der Waals surface area contributed by atoms with Crippen LogP contribution in [0.1, 0.15) is 34.4 Å². The molecule has 0 saturated carbocycles. The van der Waals surface area contributed by atoms with E-state index in [4.69, 9.17) is 0 Å². The van der Waals surface area contributed by atoms with Crippen molar-refractivity contribution in [2.45, 2.75) is 22.2 Å². The van der Waals surface area contributed by atoms with Crippen molar-refractivity contribution in [1.29, 1.82) is 0 Å². The molecule has 1 aliphatic carbocycles. The van der Waals surface area contributed by atoms with Gasteiger partial charge in [-0.05, 0) is 16.7 Å². The zero-order chi connectivity index (χ0) is 19.6. The predicted molar refractivity (Wildman–Crippen MR) is 115 cm³/mol. The lowest BCUT2D eigenvalue weighted by Gasteiger charge is -2.41. The molecule has 1 aliphatic rings. The molecule has 0 aliphatic heterocycles. The molecule has 0 aromatic heterocycles. The quantitative estimate of drug-likeness (QED) is 0.160. The van der Waals surface area contributed by atoms with Crippen molar-refractivity contribution in [2.75, 3.05) is 0 Å². The van der Waals surface area contributed by atoms with Crippen LogP contribution in [0.25, 0.3) is 0 Å². The number of nitro groups is 1. The summed E-state index contributed by atoms with van der Waals surface area (Å²) in [7, 11) is 0. The molecule has 28 heavy (non-hydrogen) atoms. The van der Waals surface area contributed by atoms with E-state index >= 15 is 0 Å². The third kappa shape index (κ3) is 3.18. The van der Waals surface area contributed by atoms with E-state index in [1.165, 1.54) is 0 Å². The van der Waals surface area contributed by atoms with Crippen LogP contribution >= 0.6 is 15.9 Å². The first kappa shape index (κ1) is 18.6. The highest BCUT2D eigenvalue weighted by Gasteiger charge is 2.59. The van der Waals surface area contributed by atoms with E-state index in [9.17, 15) is 10.1 Å². The fraction of sp³-hybridized carbons (Fsp3) is 0.167. The molecule has 0 saturated heterocycles.